The molecular formula is C36H33N3O. The lowest BCUT2D eigenvalue weighted by atomic mass is 9.81. The normalized spacial score (nSPS) is 14.8. The second-order valence-electron chi connectivity index (χ2n) is 12.9. The minimum atomic E-state index is -0.0308. The first-order valence-corrected chi connectivity index (χ1v) is 13.9. The molecule has 4 heterocycles. The average Bonchev–Trinajstić information content (AvgIpc) is 3.30. The fraction of sp³-hybridized carbons (Fsp3) is 0.222. The van der Waals surface area contributed by atoms with Crippen molar-refractivity contribution in [3.63, 3.8) is 0 Å². The molecule has 0 spiro atoms. The molecule has 7 rings (SSSR count). The minimum absolute atomic E-state index is 0.0294. The zero-order chi connectivity index (χ0) is 27.8. The molecule has 0 saturated heterocycles. The average molecular weight is 524 g/mol. The predicted molar refractivity (Wildman–Crippen MR) is 163 cm³/mol. The van der Waals surface area contributed by atoms with Crippen LogP contribution in [0.25, 0.3) is 33.6 Å². The van der Waals surface area contributed by atoms with Gasteiger partial charge >= 0.3 is 0 Å². The van der Waals surface area contributed by atoms with Gasteiger partial charge in [0.05, 0.1) is 22.4 Å². The van der Waals surface area contributed by atoms with E-state index in [4.69, 9.17) is 14.7 Å². The van der Waals surface area contributed by atoms with Crippen LogP contribution in [-0.4, -0.2) is 4.98 Å². The number of aromatic nitrogens is 1. The van der Waals surface area contributed by atoms with Crippen molar-refractivity contribution in [1.82, 2.24) is 10.3 Å². The lowest BCUT2D eigenvalue weighted by Crippen LogP contribution is -2.34. The van der Waals surface area contributed by atoms with Gasteiger partial charge in [-0.1, -0.05) is 65.8 Å². The summed E-state index contributed by atoms with van der Waals surface area (Å²) < 4.78 is 6.30. The summed E-state index contributed by atoms with van der Waals surface area (Å²) in [6.07, 6.45) is 6.27. The molecule has 0 atom stereocenters. The quantitative estimate of drug-likeness (QED) is 0.226. The zero-order valence-electron chi connectivity index (χ0n) is 23.9. The van der Waals surface area contributed by atoms with Crippen LogP contribution in [0.3, 0.4) is 0 Å². The van der Waals surface area contributed by atoms with Crippen LogP contribution in [0.4, 0.5) is 5.69 Å². The first-order valence-electron chi connectivity index (χ1n) is 13.9. The number of nitrogens with zero attached hydrogens (tertiary/aromatic N) is 2. The Morgan fingerprint density at radius 2 is 1.48 bits per heavy atom. The predicted octanol–water partition coefficient (Wildman–Crippen LogP) is 7.69. The largest absolute Gasteiger partial charge is 0.439 e. The molecule has 1 N–H and O–H groups in total. The van der Waals surface area contributed by atoms with E-state index in [-0.39, 0.29) is 10.8 Å². The Balaban J connectivity index is 1.63. The Labute approximate surface area is 235 Å². The molecule has 0 radical (unpaired) electrons. The summed E-state index contributed by atoms with van der Waals surface area (Å²) in [6, 6.07) is 23.5. The van der Waals surface area contributed by atoms with Crippen molar-refractivity contribution in [3.05, 3.63) is 112 Å². The van der Waals surface area contributed by atoms with Gasteiger partial charge in [-0.2, -0.15) is 0 Å². The summed E-state index contributed by atoms with van der Waals surface area (Å²) >= 11 is 0. The number of hydrogen-bond donors (Lipinski definition) is 1. The third-order valence-corrected chi connectivity index (χ3v) is 7.92. The molecule has 0 aliphatic carbocycles. The highest BCUT2D eigenvalue weighted by molar-refractivity contribution is 5.92. The highest BCUT2D eigenvalue weighted by Gasteiger charge is 2.27. The zero-order valence-corrected chi connectivity index (χ0v) is 23.9. The van der Waals surface area contributed by atoms with Crippen molar-refractivity contribution >= 4 is 17.1 Å². The molecule has 0 unspecified atom stereocenters. The summed E-state index contributed by atoms with van der Waals surface area (Å²) in [5.41, 5.74) is 10.8. The summed E-state index contributed by atoms with van der Waals surface area (Å²) in [5.74, 6) is 1.30. The van der Waals surface area contributed by atoms with Crippen molar-refractivity contribution < 1.29 is 4.74 Å². The van der Waals surface area contributed by atoms with Crippen LogP contribution in [0.2, 0.25) is 0 Å². The second-order valence-corrected chi connectivity index (χ2v) is 12.9. The summed E-state index contributed by atoms with van der Waals surface area (Å²) in [7, 11) is 0. The second kappa shape index (κ2) is 8.53. The Morgan fingerprint density at radius 1 is 0.750 bits per heavy atom. The van der Waals surface area contributed by atoms with E-state index >= 15 is 0 Å². The van der Waals surface area contributed by atoms with Gasteiger partial charge in [-0.25, -0.2) is 9.98 Å². The van der Waals surface area contributed by atoms with E-state index in [1.54, 1.807) is 0 Å². The molecule has 3 aliphatic heterocycles. The Hall–Kier alpha value is -4.44. The van der Waals surface area contributed by atoms with Gasteiger partial charge in [0.1, 0.15) is 5.75 Å². The third-order valence-electron chi connectivity index (χ3n) is 7.92. The van der Waals surface area contributed by atoms with Crippen molar-refractivity contribution in [2.75, 3.05) is 0 Å². The third kappa shape index (κ3) is 4.06. The van der Waals surface area contributed by atoms with E-state index in [1.807, 2.05) is 30.3 Å². The van der Waals surface area contributed by atoms with Crippen LogP contribution in [0.15, 0.2) is 90.0 Å². The molecule has 0 amide bonds. The maximum atomic E-state index is 6.30. The number of ether oxygens (including phenoxy) is 1. The standard InChI is InChI=1S/C36H33N3O/c1-35(2,3)22-17-25-21-10-7-11-24(16-21)40-32-15-9-14-31(38-32)30-13-8-12-29(37-30)28-20-23(36(4,5)6)19-27-26(18-22)33(25)39-34(27)28/h7-20,37H,1-6H3. The highest BCUT2D eigenvalue weighted by Crippen LogP contribution is 2.45. The van der Waals surface area contributed by atoms with E-state index in [1.165, 1.54) is 22.3 Å². The number of benzene rings is 3. The minimum Gasteiger partial charge on any atom is -0.439 e. The Morgan fingerprint density at radius 3 is 2.27 bits per heavy atom. The number of allylic oxidation sites excluding steroid dienone is 2. The first-order chi connectivity index (χ1) is 19.0. The Kier molecular flexibility index (Phi) is 5.24. The maximum absolute atomic E-state index is 6.30. The monoisotopic (exact) mass is 523 g/mol. The van der Waals surface area contributed by atoms with E-state index in [9.17, 15) is 0 Å². The fourth-order valence-corrected chi connectivity index (χ4v) is 5.57. The van der Waals surface area contributed by atoms with Gasteiger partial charge < -0.3 is 10.1 Å². The van der Waals surface area contributed by atoms with Crippen LogP contribution in [0.5, 0.6) is 11.6 Å². The van der Waals surface area contributed by atoms with Gasteiger partial charge in [0, 0.05) is 33.7 Å². The Bertz CT molecular complexity index is 1910. The molecular weight excluding hydrogens is 490 g/mol. The molecule has 3 aromatic carbocycles. The van der Waals surface area contributed by atoms with E-state index in [0.717, 1.165) is 50.2 Å². The van der Waals surface area contributed by atoms with Crippen molar-refractivity contribution in [1.29, 1.82) is 0 Å². The van der Waals surface area contributed by atoms with Gasteiger partial charge in [0.2, 0.25) is 5.88 Å². The van der Waals surface area contributed by atoms with Crippen molar-refractivity contribution in [2.45, 2.75) is 52.4 Å². The van der Waals surface area contributed by atoms with E-state index in [0.29, 0.717) is 5.88 Å². The number of nitrogens with one attached hydrogen (secondary N) is 1. The number of dihydropyridines is 1. The molecule has 3 aliphatic rings. The molecule has 0 saturated carbocycles. The molecule has 4 heteroatoms. The van der Waals surface area contributed by atoms with Crippen molar-refractivity contribution in [3.8, 4) is 33.9 Å². The number of hydrogen-bond acceptors (Lipinski definition) is 4. The van der Waals surface area contributed by atoms with Crippen LogP contribution >= 0.6 is 0 Å². The molecule has 198 valence electrons. The molecule has 8 bridgehead atoms. The molecule has 40 heavy (non-hydrogen) atoms. The van der Waals surface area contributed by atoms with Gasteiger partial charge in [-0.3, -0.25) is 0 Å². The van der Waals surface area contributed by atoms with Gasteiger partial charge in [0.15, 0.2) is 0 Å². The van der Waals surface area contributed by atoms with E-state index < -0.39 is 0 Å². The number of pyridine rings is 1. The van der Waals surface area contributed by atoms with Gasteiger partial charge in [-0.05, 0) is 82.1 Å². The summed E-state index contributed by atoms with van der Waals surface area (Å²) in [5, 5.41) is 5.78. The summed E-state index contributed by atoms with van der Waals surface area (Å²) in [6.45, 7) is 13.6. The maximum Gasteiger partial charge on any atom is 0.219 e. The smallest absolute Gasteiger partial charge is 0.219 e. The fourth-order valence-electron chi connectivity index (χ4n) is 5.57. The molecule has 1 aromatic heterocycles. The molecule has 0 fully saturated rings. The first kappa shape index (κ1) is 24.6. The van der Waals surface area contributed by atoms with Gasteiger partial charge in [-0.15, -0.1) is 0 Å². The van der Waals surface area contributed by atoms with Crippen molar-refractivity contribution in [2.24, 2.45) is 4.99 Å². The SMILES string of the molecule is CC(C)(C)c1cc2c3c(c1)-c1cc(C(C)(C)C)cc(c1=N3)=C1C=CC=C(N1)c1cccc(n1)Oc1cccc-2c1. The van der Waals surface area contributed by atoms with Crippen LogP contribution in [0, 0.1) is 0 Å². The number of rotatable bonds is 0. The highest BCUT2D eigenvalue weighted by atomic mass is 16.5. The van der Waals surface area contributed by atoms with E-state index in [2.05, 4.69) is 101 Å². The topological polar surface area (TPSA) is 46.5 Å². The van der Waals surface area contributed by atoms with Crippen LogP contribution < -0.4 is 20.6 Å². The lowest BCUT2D eigenvalue weighted by Gasteiger charge is -2.23. The summed E-state index contributed by atoms with van der Waals surface area (Å²) in [4.78, 5) is 10.2. The molecule has 4 nitrogen and oxygen atoms in total. The van der Waals surface area contributed by atoms with Crippen LogP contribution in [0.1, 0.15) is 58.4 Å². The van der Waals surface area contributed by atoms with Crippen LogP contribution in [-0.2, 0) is 10.8 Å². The number of fused-ring (bicyclic) bond motifs is 9. The van der Waals surface area contributed by atoms with Gasteiger partial charge in [0.25, 0.3) is 0 Å². The molecule has 4 aromatic rings. The lowest BCUT2D eigenvalue weighted by molar-refractivity contribution is 0.462.